The minimum atomic E-state index is -0.223. The second kappa shape index (κ2) is 7.25. The number of phenols is 2. The van der Waals surface area contributed by atoms with Gasteiger partial charge in [0.15, 0.2) is 0 Å². The van der Waals surface area contributed by atoms with Crippen LogP contribution >= 0.6 is 31.9 Å². The fraction of sp³-hybridized carbons (Fsp3) is 0. The highest BCUT2D eigenvalue weighted by atomic mass is 79.9. The number of aliphatic imine (C=N–C) groups is 1. The molecule has 0 saturated heterocycles. The lowest BCUT2D eigenvalue weighted by atomic mass is 10.2. The average Bonchev–Trinajstić information content (AvgIpc) is 3.11. The molecule has 0 radical (unpaired) electrons. The van der Waals surface area contributed by atoms with Crippen LogP contribution in [0.25, 0.3) is 22.4 Å². The highest BCUT2D eigenvalue weighted by Gasteiger charge is 2.13. The zero-order valence-corrected chi connectivity index (χ0v) is 17.2. The Morgan fingerprint density at radius 2 is 1.93 bits per heavy atom. The van der Waals surface area contributed by atoms with Gasteiger partial charge in [0.1, 0.15) is 21.8 Å². The number of hydrogen-bond donors (Lipinski definition) is 4. The van der Waals surface area contributed by atoms with Crippen molar-refractivity contribution in [3.05, 3.63) is 67.5 Å². The van der Waals surface area contributed by atoms with Gasteiger partial charge < -0.3 is 20.2 Å². The molecule has 0 bridgehead atoms. The van der Waals surface area contributed by atoms with Crippen LogP contribution < -0.4 is 5.56 Å². The van der Waals surface area contributed by atoms with Gasteiger partial charge in [-0.05, 0) is 68.3 Å². The van der Waals surface area contributed by atoms with Crippen molar-refractivity contribution in [2.75, 3.05) is 0 Å². The van der Waals surface area contributed by atoms with E-state index in [0.717, 1.165) is 5.52 Å². The molecule has 4 N–H and O–H groups in total. The Morgan fingerprint density at radius 3 is 2.71 bits per heavy atom. The van der Waals surface area contributed by atoms with Crippen LogP contribution in [-0.2, 0) is 0 Å². The Kier molecular flexibility index (Phi) is 4.78. The normalized spacial score (nSPS) is 11.5. The van der Waals surface area contributed by atoms with Gasteiger partial charge in [0.2, 0.25) is 0 Å². The Balaban J connectivity index is 1.70. The van der Waals surface area contributed by atoms with Gasteiger partial charge in [-0.2, -0.15) is 0 Å². The van der Waals surface area contributed by atoms with E-state index >= 15 is 0 Å². The van der Waals surface area contributed by atoms with Crippen molar-refractivity contribution in [3.8, 4) is 22.9 Å². The predicted octanol–water partition coefficient (Wildman–Crippen LogP) is 4.61. The van der Waals surface area contributed by atoms with Crippen molar-refractivity contribution in [2.45, 2.75) is 0 Å². The first-order chi connectivity index (χ1) is 13.4. The number of pyridine rings is 1. The average molecular weight is 504 g/mol. The molecule has 0 saturated carbocycles. The lowest BCUT2D eigenvalue weighted by Gasteiger charge is -2.06. The van der Waals surface area contributed by atoms with Crippen LogP contribution in [0.2, 0.25) is 0 Å². The molecule has 2 heterocycles. The predicted molar refractivity (Wildman–Crippen MR) is 115 cm³/mol. The maximum Gasteiger partial charge on any atom is 0.258 e. The van der Waals surface area contributed by atoms with Crippen molar-refractivity contribution >= 4 is 54.8 Å². The van der Waals surface area contributed by atoms with E-state index in [2.05, 4.69) is 51.8 Å². The van der Waals surface area contributed by atoms with E-state index in [9.17, 15) is 15.0 Å². The molecule has 4 aromatic rings. The Morgan fingerprint density at radius 1 is 1.11 bits per heavy atom. The quantitative estimate of drug-likeness (QED) is 0.306. The zero-order valence-electron chi connectivity index (χ0n) is 14.1. The fourth-order valence-corrected chi connectivity index (χ4v) is 3.82. The van der Waals surface area contributed by atoms with E-state index in [0.29, 0.717) is 32.6 Å². The number of fused-ring (bicyclic) bond motifs is 1. The van der Waals surface area contributed by atoms with Crippen LogP contribution in [0.5, 0.6) is 11.5 Å². The van der Waals surface area contributed by atoms with Crippen molar-refractivity contribution in [1.29, 1.82) is 0 Å². The topological polar surface area (TPSA) is 114 Å². The van der Waals surface area contributed by atoms with Gasteiger partial charge >= 0.3 is 0 Å². The molecule has 4 rings (SSSR count). The molecule has 0 aliphatic rings. The summed E-state index contributed by atoms with van der Waals surface area (Å²) < 4.78 is 0.614. The zero-order chi connectivity index (χ0) is 19.8. The summed E-state index contributed by atoms with van der Waals surface area (Å²) in [6.07, 6.45) is 3.05. The minimum absolute atomic E-state index is 0.0870. The van der Waals surface area contributed by atoms with Gasteiger partial charge in [-0.15, -0.1) is 0 Å². The molecule has 0 atom stereocenters. The molecule has 0 fully saturated rings. The van der Waals surface area contributed by atoms with E-state index in [4.69, 9.17) is 0 Å². The van der Waals surface area contributed by atoms with Crippen LogP contribution in [0.3, 0.4) is 0 Å². The van der Waals surface area contributed by atoms with Crippen molar-refractivity contribution in [2.24, 2.45) is 4.99 Å². The number of aromatic hydroxyl groups is 2. The third-order valence-electron chi connectivity index (χ3n) is 4.09. The second-order valence-corrected chi connectivity index (χ2v) is 7.56. The molecule has 0 unspecified atom stereocenters. The van der Waals surface area contributed by atoms with Crippen LogP contribution in [0.1, 0.15) is 5.56 Å². The third kappa shape index (κ3) is 3.34. The Labute approximate surface area is 175 Å². The molecule has 0 amide bonds. The number of nitrogens with one attached hydrogen (secondary N) is 2. The highest BCUT2D eigenvalue weighted by Crippen LogP contribution is 2.40. The summed E-state index contributed by atoms with van der Waals surface area (Å²) in [5.74, 6) is 0.272. The molecular weight excluding hydrogens is 492 g/mol. The fourth-order valence-electron chi connectivity index (χ4n) is 2.67. The first-order valence-electron chi connectivity index (χ1n) is 8.06. The molecule has 140 valence electrons. The molecule has 0 spiro atoms. The molecule has 0 aliphatic heterocycles. The second-order valence-electron chi connectivity index (χ2n) is 5.92. The summed E-state index contributed by atoms with van der Waals surface area (Å²) in [7, 11) is 0. The standard InChI is InChI=1S/C19H12Br2N4O3/c20-12-6-9(16(26)15(21)17(12)27)8-23-10-3-4-13-14(7-10)25-18(24-13)11-2-1-5-22-19(11)28/h1-8,26-27H,(H,22,28)(H,24,25)/b23-8+. The number of hydrogen-bond acceptors (Lipinski definition) is 5. The van der Waals surface area contributed by atoms with E-state index in [1.807, 2.05) is 6.07 Å². The SMILES string of the molecule is O=c1[nH]cccc1-c1nc2cc(/N=C/c3cc(Br)c(O)c(Br)c3O)ccc2[nH]1. The van der Waals surface area contributed by atoms with Crippen molar-refractivity contribution < 1.29 is 10.2 Å². The summed E-state index contributed by atoms with van der Waals surface area (Å²) in [6, 6.07) is 10.4. The first kappa shape index (κ1) is 18.5. The molecular formula is C19H12Br2N4O3. The highest BCUT2D eigenvalue weighted by molar-refractivity contribution is 9.11. The number of aromatic amines is 2. The Hall–Kier alpha value is -2.91. The van der Waals surface area contributed by atoms with E-state index in [-0.39, 0.29) is 21.5 Å². The maximum absolute atomic E-state index is 11.9. The summed E-state index contributed by atoms with van der Waals surface area (Å²) >= 11 is 6.36. The first-order valence-corrected chi connectivity index (χ1v) is 9.64. The number of imidazole rings is 1. The van der Waals surface area contributed by atoms with Crippen LogP contribution in [0.15, 0.2) is 61.3 Å². The molecule has 7 nitrogen and oxygen atoms in total. The minimum Gasteiger partial charge on any atom is -0.506 e. The number of H-pyrrole nitrogens is 2. The van der Waals surface area contributed by atoms with Gasteiger partial charge in [-0.3, -0.25) is 9.79 Å². The van der Waals surface area contributed by atoms with Crippen LogP contribution in [0.4, 0.5) is 5.69 Å². The van der Waals surface area contributed by atoms with Crippen molar-refractivity contribution in [1.82, 2.24) is 15.0 Å². The number of nitrogens with zero attached hydrogens (tertiary/aromatic N) is 2. The molecule has 28 heavy (non-hydrogen) atoms. The molecule has 9 heteroatoms. The van der Waals surface area contributed by atoms with Crippen LogP contribution in [0, 0.1) is 0 Å². The summed E-state index contributed by atoms with van der Waals surface area (Å²) in [4.78, 5) is 26.5. The molecule has 0 aliphatic carbocycles. The van der Waals surface area contributed by atoms with Gasteiger partial charge in [0.05, 0.1) is 26.8 Å². The van der Waals surface area contributed by atoms with Gasteiger partial charge in [0, 0.05) is 18.0 Å². The number of rotatable bonds is 3. The van der Waals surface area contributed by atoms with Gasteiger partial charge in [0.25, 0.3) is 5.56 Å². The number of aromatic nitrogens is 3. The van der Waals surface area contributed by atoms with Gasteiger partial charge in [-0.1, -0.05) is 0 Å². The lowest BCUT2D eigenvalue weighted by molar-refractivity contribution is 0.442. The molecule has 2 aromatic carbocycles. The smallest absolute Gasteiger partial charge is 0.258 e. The number of benzene rings is 2. The van der Waals surface area contributed by atoms with Crippen LogP contribution in [-0.4, -0.2) is 31.4 Å². The lowest BCUT2D eigenvalue weighted by Crippen LogP contribution is -2.07. The monoisotopic (exact) mass is 502 g/mol. The van der Waals surface area contributed by atoms with E-state index < -0.39 is 0 Å². The van der Waals surface area contributed by atoms with E-state index in [1.165, 1.54) is 6.21 Å². The maximum atomic E-state index is 11.9. The summed E-state index contributed by atoms with van der Waals surface area (Å²) in [5, 5.41) is 19.9. The van der Waals surface area contributed by atoms with Gasteiger partial charge in [-0.25, -0.2) is 4.98 Å². The number of phenolic OH excluding ortho intramolecular Hbond substituents is 2. The van der Waals surface area contributed by atoms with E-state index in [1.54, 1.807) is 36.5 Å². The number of halogens is 2. The largest absolute Gasteiger partial charge is 0.506 e. The third-order valence-corrected chi connectivity index (χ3v) is 5.45. The Bertz CT molecular complexity index is 1290. The summed E-state index contributed by atoms with van der Waals surface area (Å²) in [6.45, 7) is 0. The summed E-state index contributed by atoms with van der Waals surface area (Å²) in [5.41, 5.74) is 2.70. The van der Waals surface area contributed by atoms with Crippen molar-refractivity contribution in [3.63, 3.8) is 0 Å². The molecule has 2 aromatic heterocycles.